The van der Waals surface area contributed by atoms with Crippen LogP contribution in [0.2, 0.25) is 0 Å². The molecule has 43 heavy (non-hydrogen) atoms. The number of H-pyrrole nitrogens is 2. The Labute approximate surface area is 249 Å². The van der Waals surface area contributed by atoms with Gasteiger partial charge in [0, 0.05) is 59.0 Å². The average Bonchev–Trinajstić information content (AvgIpc) is 3.60. The highest BCUT2D eigenvalue weighted by Gasteiger charge is 2.16. The molecule has 2 aromatic carbocycles. The highest BCUT2D eigenvalue weighted by molar-refractivity contribution is 6.01. The van der Waals surface area contributed by atoms with Crippen LogP contribution in [0.15, 0.2) is 73.2 Å². The summed E-state index contributed by atoms with van der Waals surface area (Å²) in [6.07, 6.45) is 5.32. The Bertz CT molecular complexity index is 1880. The molecule has 0 saturated carbocycles. The van der Waals surface area contributed by atoms with Crippen molar-refractivity contribution in [1.82, 2.24) is 34.9 Å². The summed E-state index contributed by atoms with van der Waals surface area (Å²) in [6, 6.07) is 16.9. The molecule has 0 aliphatic rings. The molecule has 4 heterocycles. The third-order valence-electron chi connectivity index (χ3n) is 7.18. The number of hydrogen-bond donors (Lipinski definition) is 2. The predicted octanol–water partition coefficient (Wildman–Crippen LogP) is 5.86. The standard InChI is InChI=1S/C33H34FN7O2/c1-40(2)8-10-42-25-13-21(12-24(34)16-25)27-6-5-7-30-28(27)17-31(37-30)32-29-15-23(19-36-33(29)39-38-32)22-14-26(20-35-18-22)43-11-9-41(3)4/h5-7,12-20,37H,8-11H2,1-4H3,(H,36,38,39). The molecule has 4 aromatic heterocycles. The second-order valence-corrected chi connectivity index (χ2v) is 11.0. The van der Waals surface area contributed by atoms with Crippen molar-refractivity contribution in [1.29, 1.82) is 0 Å². The molecule has 220 valence electrons. The number of ether oxygens (including phenoxy) is 2. The zero-order valence-electron chi connectivity index (χ0n) is 24.7. The van der Waals surface area contributed by atoms with E-state index in [0.29, 0.717) is 30.4 Å². The number of aromatic amines is 2. The molecule has 0 aliphatic carbocycles. The Balaban J connectivity index is 1.33. The van der Waals surface area contributed by atoms with E-state index >= 15 is 0 Å². The predicted molar refractivity (Wildman–Crippen MR) is 168 cm³/mol. The summed E-state index contributed by atoms with van der Waals surface area (Å²) >= 11 is 0. The molecule has 2 N–H and O–H groups in total. The van der Waals surface area contributed by atoms with Crippen molar-refractivity contribution < 1.29 is 13.9 Å². The van der Waals surface area contributed by atoms with Gasteiger partial charge >= 0.3 is 0 Å². The molecule has 0 radical (unpaired) electrons. The summed E-state index contributed by atoms with van der Waals surface area (Å²) in [6.45, 7) is 2.60. The van der Waals surface area contributed by atoms with Crippen LogP contribution in [-0.4, -0.2) is 89.4 Å². The summed E-state index contributed by atoms with van der Waals surface area (Å²) in [7, 11) is 7.97. The molecule has 0 aliphatic heterocycles. The van der Waals surface area contributed by atoms with E-state index in [1.165, 1.54) is 12.1 Å². The van der Waals surface area contributed by atoms with E-state index in [2.05, 4.69) is 36.1 Å². The van der Waals surface area contributed by atoms with Gasteiger partial charge in [0.2, 0.25) is 0 Å². The van der Waals surface area contributed by atoms with Crippen molar-refractivity contribution in [3.63, 3.8) is 0 Å². The zero-order valence-corrected chi connectivity index (χ0v) is 24.7. The number of benzene rings is 2. The SMILES string of the molecule is CN(C)CCOc1cncc(-c2cnc3[nH]nc(-c4cc5c(-c6cc(F)cc(OCCN(C)C)c6)cccc5[nH]4)c3c2)c1. The Morgan fingerprint density at radius 3 is 2.30 bits per heavy atom. The molecule has 0 spiro atoms. The van der Waals surface area contributed by atoms with E-state index in [1.54, 1.807) is 18.6 Å². The van der Waals surface area contributed by atoms with Crippen molar-refractivity contribution in [3.05, 3.63) is 79.0 Å². The van der Waals surface area contributed by atoms with E-state index in [9.17, 15) is 4.39 Å². The number of halogens is 1. The quantitative estimate of drug-likeness (QED) is 0.199. The Morgan fingerprint density at radius 1 is 0.767 bits per heavy atom. The first kappa shape index (κ1) is 28.3. The summed E-state index contributed by atoms with van der Waals surface area (Å²) in [5.41, 5.74) is 6.60. The molecule has 0 bridgehead atoms. The molecule has 0 amide bonds. The fraction of sp³-hybridized carbons (Fsp3) is 0.242. The summed E-state index contributed by atoms with van der Waals surface area (Å²) < 4.78 is 26.4. The van der Waals surface area contributed by atoms with Crippen molar-refractivity contribution in [2.45, 2.75) is 0 Å². The van der Waals surface area contributed by atoms with Crippen LogP contribution < -0.4 is 9.47 Å². The van der Waals surface area contributed by atoms with Gasteiger partial charge in [0.15, 0.2) is 5.65 Å². The van der Waals surface area contributed by atoms with E-state index in [1.807, 2.05) is 69.5 Å². The van der Waals surface area contributed by atoms with Gasteiger partial charge in [0.1, 0.15) is 36.2 Å². The summed E-state index contributed by atoms with van der Waals surface area (Å²) in [5.74, 6) is 0.866. The number of rotatable bonds is 11. The highest BCUT2D eigenvalue weighted by Crippen LogP contribution is 2.36. The first-order chi connectivity index (χ1) is 20.8. The van der Waals surface area contributed by atoms with Gasteiger partial charge in [-0.1, -0.05) is 12.1 Å². The normalized spacial score (nSPS) is 11.7. The number of aromatic nitrogens is 5. The summed E-state index contributed by atoms with van der Waals surface area (Å²) in [5, 5.41) is 9.47. The maximum Gasteiger partial charge on any atom is 0.155 e. The molecular formula is C33H34FN7O2. The molecule has 0 fully saturated rings. The minimum absolute atomic E-state index is 0.344. The van der Waals surface area contributed by atoms with Gasteiger partial charge in [-0.3, -0.25) is 10.1 Å². The fourth-order valence-corrected chi connectivity index (χ4v) is 4.95. The lowest BCUT2D eigenvalue weighted by Gasteiger charge is -2.12. The second-order valence-electron chi connectivity index (χ2n) is 11.0. The maximum absolute atomic E-state index is 14.7. The van der Waals surface area contributed by atoms with Gasteiger partial charge in [-0.2, -0.15) is 5.10 Å². The van der Waals surface area contributed by atoms with Gasteiger partial charge in [0.25, 0.3) is 0 Å². The second kappa shape index (κ2) is 12.2. The van der Waals surface area contributed by atoms with Crippen LogP contribution in [-0.2, 0) is 0 Å². The lowest BCUT2D eigenvalue weighted by molar-refractivity contribution is 0.260. The van der Waals surface area contributed by atoms with Gasteiger partial charge < -0.3 is 24.3 Å². The molecule has 0 unspecified atom stereocenters. The van der Waals surface area contributed by atoms with Crippen LogP contribution in [0, 0.1) is 5.82 Å². The van der Waals surface area contributed by atoms with Crippen molar-refractivity contribution >= 4 is 21.9 Å². The zero-order chi connectivity index (χ0) is 29.9. The van der Waals surface area contributed by atoms with Crippen molar-refractivity contribution in [3.8, 4) is 45.1 Å². The molecule has 0 atom stereocenters. The van der Waals surface area contributed by atoms with Gasteiger partial charge in [-0.15, -0.1) is 0 Å². The average molecular weight is 580 g/mol. The fourth-order valence-electron chi connectivity index (χ4n) is 4.95. The smallest absolute Gasteiger partial charge is 0.155 e. The van der Waals surface area contributed by atoms with Gasteiger partial charge in [-0.25, -0.2) is 9.37 Å². The van der Waals surface area contributed by atoms with Crippen LogP contribution in [0.4, 0.5) is 4.39 Å². The van der Waals surface area contributed by atoms with Crippen LogP contribution in [0.25, 0.3) is 55.6 Å². The Morgan fingerprint density at radius 2 is 1.51 bits per heavy atom. The van der Waals surface area contributed by atoms with Crippen molar-refractivity contribution in [2.24, 2.45) is 0 Å². The monoisotopic (exact) mass is 579 g/mol. The number of nitrogens with one attached hydrogen (secondary N) is 2. The van der Waals surface area contributed by atoms with Gasteiger partial charge in [-0.05, 0) is 75.7 Å². The minimum atomic E-state index is -0.344. The summed E-state index contributed by atoms with van der Waals surface area (Å²) in [4.78, 5) is 16.6. The van der Waals surface area contributed by atoms with E-state index in [0.717, 1.165) is 63.0 Å². The lowest BCUT2D eigenvalue weighted by Crippen LogP contribution is -2.19. The lowest BCUT2D eigenvalue weighted by atomic mass is 10.0. The van der Waals surface area contributed by atoms with E-state index < -0.39 is 0 Å². The first-order valence-electron chi connectivity index (χ1n) is 14.1. The number of hydrogen-bond acceptors (Lipinski definition) is 7. The molecular weight excluding hydrogens is 545 g/mol. The largest absolute Gasteiger partial charge is 0.492 e. The van der Waals surface area contributed by atoms with Crippen LogP contribution in [0.3, 0.4) is 0 Å². The third-order valence-corrected chi connectivity index (χ3v) is 7.18. The van der Waals surface area contributed by atoms with Gasteiger partial charge in [0.05, 0.1) is 11.9 Å². The number of pyridine rings is 2. The highest BCUT2D eigenvalue weighted by atomic mass is 19.1. The Kier molecular flexibility index (Phi) is 8.04. The van der Waals surface area contributed by atoms with Crippen LogP contribution >= 0.6 is 0 Å². The number of fused-ring (bicyclic) bond motifs is 2. The molecule has 0 saturated heterocycles. The molecule has 6 aromatic rings. The van der Waals surface area contributed by atoms with Crippen molar-refractivity contribution in [2.75, 3.05) is 54.5 Å². The van der Waals surface area contributed by atoms with E-state index in [-0.39, 0.29) is 5.82 Å². The minimum Gasteiger partial charge on any atom is -0.492 e. The maximum atomic E-state index is 14.7. The number of nitrogens with zero attached hydrogens (tertiary/aromatic N) is 5. The van der Waals surface area contributed by atoms with E-state index in [4.69, 9.17) is 9.47 Å². The van der Waals surface area contributed by atoms with Crippen LogP contribution in [0.5, 0.6) is 11.5 Å². The molecule has 10 heteroatoms. The third kappa shape index (κ3) is 6.35. The molecule has 9 nitrogen and oxygen atoms in total. The topological polar surface area (TPSA) is 95.2 Å². The molecule has 6 rings (SSSR count). The Hall–Kier alpha value is -4.80. The number of likely N-dealkylation sites (N-methyl/N-ethyl adjacent to an activating group) is 2. The first-order valence-corrected chi connectivity index (χ1v) is 14.1. The van der Waals surface area contributed by atoms with Crippen LogP contribution in [0.1, 0.15) is 0 Å².